The molecular formula is C18H20N2O4. The number of hydrogen-bond acceptors (Lipinski definition) is 4. The van der Waals surface area contributed by atoms with Crippen molar-refractivity contribution in [3.63, 3.8) is 0 Å². The van der Waals surface area contributed by atoms with Gasteiger partial charge in [0.05, 0.1) is 11.6 Å². The van der Waals surface area contributed by atoms with Crippen LogP contribution in [0.3, 0.4) is 0 Å². The van der Waals surface area contributed by atoms with Crippen LogP contribution in [0.4, 0.5) is 0 Å². The molecule has 0 aliphatic carbocycles. The average molecular weight is 328 g/mol. The fourth-order valence-electron chi connectivity index (χ4n) is 3.02. The Morgan fingerprint density at radius 1 is 1.25 bits per heavy atom. The van der Waals surface area contributed by atoms with Gasteiger partial charge in [-0.15, -0.1) is 0 Å². The Morgan fingerprint density at radius 2 is 1.96 bits per heavy atom. The summed E-state index contributed by atoms with van der Waals surface area (Å²) in [7, 11) is 0. The van der Waals surface area contributed by atoms with Crippen LogP contribution in [0.1, 0.15) is 36.0 Å². The van der Waals surface area contributed by atoms with Crippen LogP contribution >= 0.6 is 0 Å². The predicted octanol–water partition coefficient (Wildman–Crippen LogP) is 2.98. The maximum Gasteiger partial charge on any atom is 0.308 e. The zero-order valence-electron chi connectivity index (χ0n) is 13.7. The van der Waals surface area contributed by atoms with Gasteiger partial charge in [0.15, 0.2) is 0 Å². The number of benzene rings is 1. The van der Waals surface area contributed by atoms with E-state index in [2.05, 4.69) is 4.98 Å². The summed E-state index contributed by atoms with van der Waals surface area (Å²) >= 11 is 0. The van der Waals surface area contributed by atoms with Gasteiger partial charge in [-0.1, -0.05) is 18.2 Å². The van der Waals surface area contributed by atoms with Crippen molar-refractivity contribution in [2.75, 3.05) is 6.54 Å². The Morgan fingerprint density at radius 3 is 2.62 bits per heavy atom. The molecule has 0 saturated carbocycles. The molecular weight excluding hydrogens is 308 g/mol. The van der Waals surface area contributed by atoms with E-state index >= 15 is 0 Å². The number of rotatable bonds is 3. The molecule has 1 fully saturated rings. The number of hydrogen-bond donors (Lipinski definition) is 1. The molecule has 3 rings (SSSR count). The number of aliphatic carboxylic acids is 1. The van der Waals surface area contributed by atoms with Gasteiger partial charge in [0.1, 0.15) is 0 Å². The minimum Gasteiger partial charge on any atom is -0.481 e. The largest absolute Gasteiger partial charge is 0.481 e. The normalized spacial score (nSPS) is 20.8. The van der Waals surface area contributed by atoms with Crippen molar-refractivity contribution in [2.24, 2.45) is 5.92 Å². The zero-order valence-corrected chi connectivity index (χ0v) is 13.7. The van der Waals surface area contributed by atoms with E-state index in [9.17, 15) is 14.7 Å². The van der Waals surface area contributed by atoms with E-state index < -0.39 is 11.9 Å². The number of carboxylic acid groups (broad SMARTS) is 1. The minimum absolute atomic E-state index is 0.0159. The van der Waals surface area contributed by atoms with Crippen LogP contribution in [0, 0.1) is 12.8 Å². The van der Waals surface area contributed by atoms with Crippen LogP contribution in [0.25, 0.3) is 11.5 Å². The van der Waals surface area contributed by atoms with Gasteiger partial charge < -0.3 is 14.4 Å². The lowest BCUT2D eigenvalue weighted by Gasteiger charge is -2.35. The summed E-state index contributed by atoms with van der Waals surface area (Å²) in [5, 5.41) is 9.23. The molecule has 1 aromatic heterocycles. The monoisotopic (exact) mass is 328 g/mol. The van der Waals surface area contributed by atoms with Crippen molar-refractivity contribution in [1.29, 1.82) is 0 Å². The lowest BCUT2D eigenvalue weighted by molar-refractivity contribution is -0.143. The van der Waals surface area contributed by atoms with Crippen molar-refractivity contribution in [3.8, 4) is 11.5 Å². The Bertz CT molecular complexity index is 754. The van der Waals surface area contributed by atoms with Gasteiger partial charge in [-0.2, -0.15) is 0 Å². The van der Waals surface area contributed by atoms with Gasteiger partial charge in [0.2, 0.25) is 11.7 Å². The lowest BCUT2D eigenvalue weighted by Crippen LogP contribution is -2.47. The third kappa shape index (κ3) is 3.04. The van der Waals surface area contributed by atoms with E-state index in [1.807, 2.05) is 37.3 Å². The number of likely N-dealkylation sites (tertiary alicyclic amines) is 1. The SMILES string of the molecule is Cc1nc(-c2ccccc2)oc1C(=O)N1CC(C(=O)O)CCC1C. The second-order valence-electron chi connectivity index (χ2n) is 6.22. The summed E-state index contributed by atoms with van der Waals surface area (Å²) in [5.74, 6) is -1.09. The molecule has 6 heteroatoms. The number of aryl methyl sites for hydroxylation is 1. The standard InChI is InChI=1S/C18H20N2O4/c1-11-8-9-14(18(22)23)10-20(11)17(21)15-12(2)19-16(24-15)13-6-4-3-5-7-13/h3-7,11,14H,8-10H2,1-2H3,(H,22,23). The molecule has 1 saturated heterocycles. The Hall–Kier alpha value is -2.63. The summed E-state index contributed by atoms with van der Waals surface area (Å²) in [6.07, 6.45) is 1.26. The van der Waals surface area contributed by atoms with E-state index in [-0.39, 0.29) is 24.3 Å². The predicted molar refractivity (Wildman–Crippen MR) is 87.5 cm³/mol. The van der Waals surface area contributed by atoms with E-state index in [0.717, 1.165) is 5.56 Å². The summed E-state index contributed by atoms with van der Waals surface area (Å²) in [6, 6.07) is 9.36. The van der Waals surface area contributed by atoms with Gasteiger partial charge in [0.25, 0.3) is 5.91 Å². The zero-order chi connectivity index (χ0) is 17.3. The van der Waals surface area contributed by atoms with Crippen LogP contribution in [0.2, 0.25) is 0 Å². The third-order valence-corrected chi connectivity index (χ3v) is 4.50. The Kier molecular flexibility index (Phi) is 4.38. The first-order valence-corrected chi connectivity index (χ1v) is 8.04. The highest BCUT2D eigenvalue weighted by Crippen LogP contribution is 2.27. The van der Waals surface area contributed by atoms with Crippen LogP contribution in [0.15, 0.2) is 34.7 Å². The van der Waals surface area contributed by atoms with Crippen molar-refractivity contribution < 1.29 is 19.1 Å². The smallest absolute Gasteiger partial charge is 0.308 e. The number of carbonyl (C=O) groups is 2. The van der Waals surface area contributed by atoms with Gasteiger partial charge in [-0.05, 0) is 38.8 Å². The molecule has 0 radical (unpaired) electrons. The maximum atomic E-state index is 12.8. The third-order valence-electron chi connectivity index (χ3n) is 4.50. The first kappa shape index (κ1) is 16.2. The molecule has 2 unspecified atom stereocenters. The maximum absolute atomic E-state index is 12.8. The molecule has 6 nitrogen and oxygen atoms in total. The fourth-order valence-corrected chi connectivity index (χ4v) is 3.02. The lowest BCUT2D eigenvalue weighted by atomic mass is 9.93. The number of amides is 1. The molecule has 1 aliphatic heterocycles. The Labute approximate surface area is 140 Å². The number of piperidine rings is 1. The molecule has 0 spiro atoms. The second kappa shape index (κ2) is 6.47. The van der Waals surface area contributed by atoms with Gasteiger partial charge in [0, 0.05) is 18.2 Å². The van der Waals surface area contributed by atoms with Crippen LogP contribution in [0.5, 0.6) is 0 Å². The van der Waals surface area contributed by atoms with Crippen molar-refractivity contribution in [2.45, 2.75) is 32.7 Å². The van der Waals surface area contributed by atoms with E-state index in [1.165, 1.54) is 0 Å². The molecule has 1 amide bonds. The fraction of sp³-hybridized carbons (Fsp3) is 0.389. The molecule has 2 heterocycles. The number of nitrogens with zero attached hydrogens (tertiary/aromatic N) is 2. The number of aromatic nitrogens is 1. The van der Waals surface area contributed by atoms with Crippen LogP contribution < -0.4 is 0 Å². The average Bonchev–Trinajstić information content (AvgIpc) is 2.97. The highest BCUT2D eigenvalue weighted by molar-refractivity contribution is 5.93. The number of oxazole rings is 1. The van der Waals surface area contributed by atoms with E-state index in [4.69, 9.17) is 4.42 Å². The molecule has 24 heavy (non-hydrogen) atoms. The van der Waals surface area contributed by atoms with Crippen LogP contribution in [-0.4, -0.2) is 39.5 Å². The Balaban J connectivity index is 1.87. The van der Waals surface area contributed by atoms with Gasteiger partial charge in [-0.25, -0.2) is 4.98 Å². The quantitative estimate of drug-likeness (QED) is 0.936. The summed E-state index contributed by atoms with van der Waals surface area (Å²) in [5.41, 5.74) is 1.32. The number of carbonyl (C=O) groups excluding carboxylic acids is 1. The first-order valence-electron chi connectivity index (χ1n) is 8.04. The number of carboxylic acids is 1. The summed E-state index contributed by atoms with van der Waals surface area (Å²) < 4.78 is 5.71. The van der Waals surface area contributed by atoms with Gasteiger partial charge >= 0.3 is 5.97 Å². The van der Waals surface area contributed by atoms with Crippen LogP contribution in [-0.2, 0) is 4.79 Å². The first-order chi connectivity index (χ1) is 11.5. The molecule has 2 atom stereocenters. The van der Waals surface area contributed by atoms with E-state index in [1.54, 1.807) is 11.8 Å². The summed E-state index contributed by atoms with van der Waals surface area (Å²) in [4.78, 5) is 30.0. The topological polar surface area (TPSA) is 83.6 Å². The molecule has 1 aliphatic rings. The molecule has 1 aromatic carbocycles. The summed E-state index contributed by atoms with van der Waals surface area (Å²) in [6.45, 7) is 3.86. The molecule has 1 N–H and O–H groups in total. The van der Waals surface area contributed by atoms with Crippen molar-refractivity contribution in [1.82, 2.24) is 9.88 Å². The minimum atomic E-state index is -0.862. The molecule has 126 valence electrons. The second-order valence-corrected chi connectivity index (χ2v) is 6.22. The molecule has 0 bridgehead atoms. The van der Waals surface area contributed by atoms with E-state index in [0.29, 0.717) is 24.4 Å². The highest BCUT2D eigenvalue weighted by Gasteiger charge is 2.35. The highest BCUT2D eigenvalue weighted by atomic mass is 16.4. The van der Waals surface area contributed by atoms with Crippen molar-refractivity contribution >= 4 is 11.9 Å². The van der Waals surface area contributed by atoms with Gasteiger partial charge in [-0.3, -0.25) is 9.59 Å². The van der Waals surface area contributed by atoms with Crippen molar-refractivity contribution in [3.05, 3.63) is 41.8 Å². The molecule has 2 aromatic rings.